The lowest BCUT2D eigenvalue weighted by Gasteiger charge is -2.32. The second-order valence-electron chi connectivity index (χ2n) is 4.79. The summed E-state index contributed by atoms with van der Waals surface area (Å²) in [6.07, 6.45) is 2.64. The van der Waals surface area contributed by atoms with Gasteiger partial charge in [0.2, 0.25) is 0 Å². The Labute approximate surface area is 110 Å². The summed E-state index contributed by atoms with van der Waals surface area (Å²) in [6, 6.07) is 7.01. The second kappa shape index (κ2) is 4.90. The Kier molecular flexibility index (Phi) is 3.26. The number of thioether (sulfide) groups is 1. The molecule has 96 valence electrons. The van der Waals surface area contributed by atoms with Gasteiger partial charge in [0.1, 0.15) is 0 Å². The van der Waals surface area contributed by atoms with E-state index in [4.69, 9.17) is 4.74 Å². The SMILES string of the molecule is O=[N+]([O-])c1ccc(C2SCC[C@H]3OCC[C@H]23)cc1. The Balaban J connectivity index is 1.82. The number of hydrogen-bond donors (Lipinski definition) is 0. The number of benzene rings is 1. The molecular formula is C13H15NO3S. The maximum Gasteiger partial charge on any atom is 0.269 e. The van der Waals surface area contributed by atoms with Crippen molar-refractivity contribution in [1.29, 1.82) is 0 Å². The number of rotatable bonds is 2. The van der Waals surface area contributed by atoms with Gasteiger partial charge in [0, 0.05) is 29.9 Å². The van der Waals surface area contributed by atoms with Crippen LogP contribution in [0.3, 0.4) is 0 Å². The summed E-state index contributed by atoms with van der Waals surface area (Å²) in [6.45, 7) is 0.860. The van der Waals surface area contributed by atoms with Crippen molar-refractivity contribution in [3.63, 3.8) is 0 Å². The van der Waals surface area contributed by atoms with Crippen molar-refractivity contribution < 1.29 is 9.66 Å². The van der Waals surface area contributed by atoms with Gasteiger partial charge in [-0.25, -0.2) is 0 Å². The minimum atomic E-state index is -0.348. The molecule has 1 aromatic rings. The fraction of sp³-hybridized carbons (Fsp3) is 0.538. The Morgan fingerprint density at radius 1 is 1.28 bits per heavy atom. The van der Waals surface area contributed by atoms with Crippen molar-refractivity contribution in [3.8, 4) is 0 Å². The molecule has 0 aromatic heterocycles. The molecule has 3 atom stereocenters. The molecule has 2 saturated heterocycles. The standard InChI is InChI=1S/C13H15NO3S/c15-14(16)10-3-1-9(2-4-10)13-11-5-7-17-12(11)6-8-18-13/h1-4,11-13H,5-8H2/t11-,12+,13?/m0/s1. The lowest BCUT2D eigenvalue weighted by Crippen LogP contribution is -2.26. The molecule has 0 amide bonds. The molecule has 2 aliphatic heterocycles. The minimum absolute atomic E-state index is 0.166. The minimum Gasteiger partial charge on any atom is -0.378 e. The van der Waals surface area contributed by atoms with Gasteiger partial charge in [0.25, 0.3) is 5.69 Å². The molecule has 0 N–H and O–H groups in total. The number of ether oxygens (including phenoxy) is 1. The van der Waals surface area contributed by atoms with Gasteiger partial charge in [-0.15, -0.1) is 0 Å². The summed E-state index contributed by atoms with van der Waals surface area (Å²) in [4.78, 5) is 10.3. The first-order valence-electron chi connectivity index (χ1n) is 6.23. The average molecular weight is 265 g/mol. The normalized spacial score (nSPS) is 31.0. The molecule has 4 nitrogen and oxygen atoms in total. The zero-order valence-corrected chi connectivity index (χ0v) is 10.8. The maximum absolute atomic E-state index is 10.7. The van der Waals surface area contributed by atoms with E-state index < -0.39 is 0 Å². The average Bonchev–Trinajstić information content (AvgIpc) is 2.87. The monoisotopic (exact) mass is 265 g/mol. The van der Waals surface area contributed by atoms with Crippen molar-refractivity contribution in [2.45, 2.75) is 24.2 Å². The van der Waals surface area contributed by atoms with Crippen molar-refractivity contribution in [3.05, 3.63) is 39.9 Å². The highest BCUT2D eigenvalue weighted by Gasteiger charge is 2.38. The van der Waals surface area contributed by atoms with Gasteiger partial charge < -0.3 is 4.74 Å². The highest BCUT2D eigenvalue weighted by Crippen LogP contribution is 2.48. The van der Waals surface area contributed by atoms with Crippen LogP contribution < -0.4 is 0 Å². The fourth-order valence-electron chi connectivity index (χ4n) is 2.87. The van der Waals surface area contributed by atoms with Crippen LogP contribution >= 0.6 is 11.8 Å². The Hall–Kier alpha value is -1.07. The first-order valence-corrected chi connectivity index (χ1v) is 7.28. The lowest BCUT2D eigenvalue weighted by molar-refractivity contribution is -0.384. The van der Waals surface area contributed by atoms with Crippen LogP contribution in [0.5, 0.6) is 0 Å². The largest absolute Gasteiger partial charge is 0.378 e. The van der Waals surface area contributed by atoms with E-state index in [2.05, 4.69) is 0 Å². The van der Waals surface area contributed by atoms with E-state index in [1.807, 2.05) is 23.9 Å². The fourth-order valence-corrected chi connectivity index (χ4v) is 4.40. The Morgan fingerprint density at radius 2 is 2.06 bits per heavy atom. The summed E-state index contributed by atoms with van der Waals surface area (Å²) in [5.41, 5.74) is 1.37. The molecule has 2 fully saturated rings. The van der Waals surface area contributed by atoms with Crippen molar-refractivity contribution >= 4 is 17.4 Å². The smallest absolute Gasteiger partial charge is 0.269 e. The Bertz CT molecular complexity index is 448. The molecule has 1 unspecified atom stereocenters. The predicted octanol–water partition coefficient (Wildman–Crippen LogP) is 3.18. The van der Waals surface area contributed by atoms with Crippen LogP contribution in [-0.4, -0.2) is 23.4 Å². The second-order valence-corrected chi connectivity index (χ2v) is 6.04. The van der Waals surface area contributed by atoms with Crippen LogP contribution in [0.15, 0.2) is 24.3 Å². The van der Waals surface area contributed by atoms with Crippen LogP contribution in [-0.2, 0) is 4.74 Å². The maximum atomic E-state index is 10.7. The van der Waals surface area contributed by atoms with Crippen molar-refractivity contribution in [2.75, 3.05) is 12.4 Å². The summed E-state index contributed by atoms with van der Waals surface area (Å²) < 4.78 is 5.75. The van der Waals surface area contributed by atoms with Crippen LogP contribution in [0.4, 0.5) is 5.69 Å². The molecule has 0 radical (unpaired) electrons. The third-order valence-electron chi connectivity index (χ3n) is 3.78. The van der Waals surface area contributed by atoms with Crippen LogP contribution in [0.25, 0.3) is 0 Å². The van der Waals surface area contributed by atoms with E-state index in [0.29, 0.717) is 17.3 Å². The molecule has 2 heterocycles. The highest BCUT2D eigenvalue weighted by atomic mass is 32.2. The zero-order valence-electron chi connectivity index (χ0n) is 9.95. The van der Waals surface area contributed by atoms with E-state index in [1.165, 1.54) is 5.56 Å². The van der Waals surface area contributed by atoms with Crippen LogP contribution in [0, 0.1) is 16.0 Å². The van der Waals surface area contributed by atoms with Gasteiger partial charge in [0.05, 0.1) is 11.0 Å². The topological polar surface area (TPSA) is 52.4 Å². The molecule has 5 heteroatoms. The molecule has 0 saturated carbocycles. The summed E-state index contributed by atoms with van der Waals surface area (Å²) in [5.74, 6) is 1.69. The van der Waals surface area contributed by atoms with Crippen molar-refractivity contribution in [1.82, 2.24) is 0 Å². The number of nitro benzene ring substituents is 1. The van der Waals surface area contributed by atoms with Crippen LogP contribution in [0.2, 0.25) is 0 Å². The van der Waals surface area contributed by atoms with E-state index in [1.54, 1.807) is 12.1 Å². The number of hydrogen-bond acceptors (Lipinski definition) is 4. The molecule has 1 aromatic carbocycles. The summed E-state index contributed by atoms with van der Waals surface area (Å²) >= 11 is 1.96. The zero-order chi connectivity index (χ0) is 12.5. The van der Waals surface area contributed by atoms with Gasteiger partial charge in [0.15, 0.2) is 0 Å². The third kappa shape index (κ3) is 2.12. The molecule has 0 spiro atoms. The highest BCUT2D eigenvalue weighted by molar-refractivity contribution is 7.99. The molecule has 3 rings (SSSR count). The van der Waals surface area contributed by atoms with E-state index in [-0.39, 0.29) is 10.6 Å². The first-order chi connectivity index (χ1) is 8.75. The van der Waals surface area contributed by atoms with Gasteiger partial charge >= 0.3 is 0 Å². The number of non-ortho nitro benzene ring substituents is 1. The molecule has 18 heavy (non-hydrogen) atoms. The number of fused-ring (bicyclic) bond motifs is 1. The van der Waals surface area contributed by atoms with Crippen molar-refractivity contribution in [2.24, 2.45) is 5.92 Å². The third-order valence-corrected chi connectivity index (χ3v) is 5.23. The Morgan fingerprint density at radius 3 is 2.78 bits per heavy atom. The van der Waals surface area contributed by atoms with E-state index in [0.717, 1.165) is 25.2 Å². The van der Waals surface area contributed by atoms with Gasteiger partial charge in [-0.3, -0.25) is 10.1 Å². The quantitative estimate of drug-likeness (QED) is 0.608. The van der Waals surface area contributed by atoms with Gasteiger partial charge in [-0.05, 0) is 24.2 Å². The predicted molar refractivity (Wildman–Crippen MR) is 70.8 cm³/mol. The van der Waals surface area contributed by atoms with Gasteiger partial charge in [-0.2, -0.15) is 11.8 Å². The summed E-state index contributed by atoms with van der Waals surface area (Å²) in [7, 11) is 0. The summed E-state index contributed by atoms with van der Waals surface area (Å²) in [5, 5.41) is 11.1. The van der Waals surface area contributed by atoms with Crippen LogP contribution in [0.1, 0.15) is 23.7 Å². The molecule has 0 aliphatic carbocycles. The molecule has 0 bridgehead atoms. The first kappa shape index (κ1) is 12.0. The lowest BCUT2D eigenvalue weighted by atomic mass is 9.90. The molecular weight excluding hydrogens is 250 g/mol. The number of nitro groups is 1. The molecule has 2 aliphatic rings. The van der Waals surface area contributed by atoms with E-state index in [9.17, 15) is 10.1 Å². The van der Waals surface area contributed by atoms with E-state index >= 15 is 0 Å². The number of nitrogens with zero attached hydrogens (tertiary/aromatic N) is 1. The van der Waals surface area contributed by atoms with Gasteiger partial charge in [-0.1, -0.05) is 12.1 Å².